The summed E-state index contributed by atoms with van der Waals surface area (Å²) in [7, 11) is 0. The highest BCUT2D eigenvalue weighted by molar-refractivity contribution is 5.67. The molecular weight excluding hydrogens is 190 g/mol. The van der Waals surface area contributed by atoms with Crippen molar-refractivity contribution in [2.75, 3.05) is 0 Å². The van der Waals surface area contributed by atoms with Crippen LogP contribution < -0.4 is 0 Å². The molecule has 1 aromatic carbocycles. The Morgan fingerprint density at radius 1 is 1.07 bits per heavy atom. The van der Waals surface area contributed by atoms with Gasteiger partial charge in [-0.2, -0.15) is 0 Å². The maximum atomic E-state index is 9.25. The molecule has 0 aliphatic rings. The van der Waals surface area contributed by atoms with Gasteiger partial charge in [-0.15, -0.1) is 0 Å². The van der Waals surface area contributed by atoms with E-state index in [1.165, 1.54) is 0 Å². The Kier molecular flexibility index (Phi) is 2.78. The second-order valence-electron chi connectivity index (χ2n) is 2.61. The Labute approximate surface area is 79.0 Å². The van der Waals surface area contributed by atoms with Gasteiger partial charge in [-0.3, -0.25) is 0 Å². The summed E-state index contributed by atoms with van der Waals surface area (Å²) in [6, 6.07) is 1.84. The summed E-state index contributed by atoms with van der Waals surface area (Å²) < 4.78 is 0. The number of oxime groups is 1. The number of phenols is 3. The zero-order valence-corrected chi connectivity index (χ0v) is 6.99. The third kappa shape index (κ3) is 1.86. The Balaban J connectivity index is 3.15. The van der Waals surface area contributed by atoms with Crippen LogP contribution in [0.15, 0.2) is 17.3 Å². The van der Waals surface area contributed by atoms with Gasteiger partial charge in [0, 0.05) is 11.6 Å². The maximum absolute atomic E-state index is 9.25. The second-order valence-corrected chi connectivity index (χ2v) is 2.61. The van der Waals surface area contributed by atoms with E-state index in [0.717, 1.165) is 18.3 Å². The van der Waals surface area contributed by atoms with Gasteiger partial charge < -0.3 is 25.6 Å². The Morgan fingerprint density at radius 3 is 2.21 bits per heavy atom. The van der Waals surface area contributed by atoms with E-state index in [0.29, 0.717) is 0 Å². The number of phenolic OH excluding ortho intramolecular Hbond substituents is 3. The van der Waals surface area contributed by atoms with Crippen LogP contribution in [0.1, 0.15) is 11.7 Å². The monoisotopic (exact) mass is 199 g/mol. The van der Waals surface area contributed by atoms with Crippen molar-refractivity contribution in [3.05, 3.63) is 17.7 Å². The number of hydrogen-bond acceptors (Lipinski definition) is 6. The summed E-state index contributed by atoms with van der Waals surface area (Å²) in [5.41, 5.74) is -0.0712. The van der Waals surface area contributed by atoms with E-state index in [9.17, 15) is 10.2 Å². The fourth-order valence-corrected chi connectivity index (χ4v) is 0.962. The molecule has 76 valence electrons. The molecule has 6 heteroatoms. The minimum absolute atomic E-state index is 0.0712. The normalized spacial score (nSPS) is 13.2. The molecule has 0 fully saturated rings. The summed E-state index contributed by atoms with van der Waals surface area (Å²) >= 11 is 0. The largest absolute Gasteiger partial charge is 0.507 e. The number of aliphatic hydroxyl groups excluding tert-OH is 1. The van der Waals surface area contributed by atoms with Gasteiger partial charge in [0.1, 0.15) is 11.9 Å². The van der Waals surface area contributed by atoms with Crippen molar-refractivity contribution in [2.24, 2.45) is 5.16 Å². The molecule has 0 saturated heterocycles. The van der Waals surface area contributed by atoms with Gasteiger partial charge in [-0.1, -0.05) is 5.16 Å². The fourth-order valence-electron chi connectivity index (χ4n) is 0.962. The van der Waals surface area contributed by atoms with Crippen molar-refractivity contribution in [3.63, 3.8) is 0 Å². The quantitative estimate of drug-likeness (QED) is 0.154. The van der Waals surface area contributed by atoms with Crippen molar-refractivity contribution in [3.8, 4) is 17.2 Å². The van der Waals surface area contributed by atoms with E-state index >= 15 is 0 Å². The first-order valence-electron chi connectivity index (χ1n) is 3.66. The Morgan fingerprint density at radius 2 is 1.64 bits per heavy atom. The average Bonchev–Trinajstić information content (AvgIpc) is 2.11. The van der Waals surface area contributed by atoms with Crippen LogP contribution in [0.25, 0.3) is 0 Å². The fraction of sp³-hybridized carbons (Fsp3) is 0.125. The van der Waals surface area contributed by atoms with Gasteiger partial charge in [0.25, 0.3) is 0 Å². The predicted molar refractivity (Wildman–Crippen MR) is 46.7 cm³/mol. The first-order chi connectivity index (χ1) is 6.56. The summed E-state index contributed by atoms with van der Waals surface area (Å²) in [5, 5.41) is 47.2. The SMILES string of the molecule is O/N=C/C(O)c1cc(O)c(O)cc1O. The van der Waals surface area contributed by atoms with E-state index in [1.807, 2.05) is 0 Å². The second kappa shape index (κ2) is 3.84. The number of aliphatic hydroxyl groups is 1. The van der Waals surface area contributed by atoms with E-state index in [1.54, 1.807) is 0 Å². The molecule has 1 rings (SSSR count). The van der Waals surface area contributed by atoms with Crippen molar-refractivity contribution in [1.82, 2.24) is 0 Å². The van der Waals surface area contributed by atoms with Gasteiger partial charge in [0.15, 0.2) is 11.5 Å². The molecule has 1 unspecified atom stereocenters. The van der Waals surface area contributed by atoms with Gasteiger partial charge in [0.05, 0.1) is 6.21 Å². The molecule has 0 aliphatic carbocycles. The smallest absolute Gasteiger partial charge is 0.161 e. The van der Waals surface area contributed by atoms with Crippen molar-refractivity contribution >= 4 is 6.21 Å². The van der Waals surface area contributed by atoms with Crippen molar-refractivity contribution in [1.29, 1.82) is 0 Å². The van der Waals surface area contributed by atoms with Gasteiger partial charge in [-0.25, -0.2) is 0 Å². The first-order valence-corrected chi connectivity index (χ1v) is 3.66. The van der Waals surface area contributed by atoms with Crippen LogP contribution in [-0.4, -0.2) is 31.8 Å². The predicted octanol–water partition coefficient (Wildman–Crippen LogP) is 0.297. The number of aromatic hydroxyl groups is 3. The molecule has 0 heterocycles. The molecule has 14 heavy (non-hydrogen) atoms. The molecule has 0 aromatic heterocycles. The zero-order chi connectivity index (χ0) is 10.7. The lowest BCUT2D eigenvalue weighted by molar-refractivity contribution is 0.236. The third-order valence-electron chi connectivity index (χ3n) is 1.65. The zero-order valence-electron chi connectivity index (χ0n) is 6.99. The summed E-state index contributed by atoms with van der Waals surface area (Å²) in [4.78, 5) is 0. The van der Waals surface area contributed by atoms with Crippen molar-refractivity contribution in [2.45, 2.75) is 6.10 Å². The molecule has 0 aliphatic heterocycles. The number of hydrogen-bond donors (Lipinski definition) is 5. The van der Waals surface area contributed by atoms with Crippen LogP contribution in [0.3, 0.4) is 0 Å². The lowest BCUT2D eigenvalue weighted by atomic mass is 10.1. The molecule has 1 aromatic rings. The van der Waals surface area contributed by atoms with Crippen LogP contribution in [0.5, 0.6) is 17.2 Å². The molecule has 6 nitrogen and oxygen atoms in total. The third-order valence-corrected chi connectivity index (χ3v) is 1.65. The summed E-state index contributed by atoms with van der Waals surface area (Å²) in [6.45, 7) is 0. The summed E-state index contributed by atoms with van der Waals surface area (Å²) in [6.07, 6.45) is -0.600. The van der Waals surface area contributed by atoms with Gasteiger partial charge in [0.2, 0.25) is 0 Å². The lowest BCUT2D eigenvalue weighted by Crippen LogP contribution is -1.98. The van der Waals surface area contributed by atoms with Gasteiger partial charge >= 0.3 is 0 Å². The molecule has 0 radical (unpaired) electrons. The van der Waals surface area contributed by atoms with Crippen LogP contribution in [-0.2, 0) is 0 Å². The van der Waals surface area contributed by atoms with E-state index in [-0.39, 0.29) is 5.56 Å². The number of rotatable bonds is 2. The van der Waals surface area contributed by atoms with Crippen molar-refractivity contribution < 1.29 is 25.6 Å². The topological polar surface area (TPSA) is 114 Å². The molecule has 0 amide bonds. The molecule has 0 bridgehead atoms. The highest BCUT2D eigenvalue weighted by Crippen LogP contribution is 2.34. The van der Waals surface area contributed by atoms with E-state index in [2.05, 4.69) is 5.16 Å². The van der Waals surface area contributed by atoms with Crippen LogP contribution in [0.2, 0.25) is 0 Å². The van der Waals surface area contributed by atoms with E-state index < -0.39 is 23.4 Å². The lowest BCUT2D eigenvalue weighted by Gasteiger charge is -2.08. The molecule has 1 atom stereocenters. The van der Waals surface area contributed by atoms with Crippen LogP contribution >= 0.6 is 0 Å². The summed E-state index contributed by atoms with van der Waals surface area (Å²) in [5.74, 6) is -1.39. The average molecular weight is 199 g/mol. The number of nitrogens with zero attached hydrogens (tertiary/aromatic N) is 1. The van der Waals surface area contributed by atoms with Crippen LogP contribution in [0, 0.1) is 0 Å². The molecule has 0 saturated carbocycles. The maximum Gasteiger partial charge on any atom is 0.161 e. The Hall–Kier alpha value is -1.95. The standard InChI is InChI=1S/C8H9NO5/c10-5-2-7(12)6(11)1-4(5)8(13)3-9-14/h1-3,8,10-14H/b9-3+. The minimum atomic E-state index is -1.36. The Bertz CT molecular complexity index is 363. The number of benzene rings is 1. The highest BCUT2D eigenvalue weighted by atomic mass is 16.4. The van der Waals surface area contributed by atoms with Crippen LogP contribution in [0.4, 0.5) is 0 Å². The molecule has 5 N–H and O–H groups in total. The van der Waals surface area contributed by atoms with E-state index in [4.69, 9.17) is 15.4 Å². The minimum Gasteiger partial charge on any atom is -0.507 e. The molecule has 0 spiro atoms. The first kappa shape index (κ1) is 10.1. The highest BCUT2D eigenvalue weighted by Gasteiger charge is 2.13. The van der Waals surface area contributed by atoms with Gasteiger partial charge in [-0.05, 0) is 6.07 Å². The molecular formula is C8H9NO5.